The summed E-state index contributed by atoms with van der Waals surface area (Å²) in [5.74, 6) is 0. The molecule has 0 saturated carbocycles. The van der Waals surface area contributed by atoms with Crippen molar-refractivity contribution in [2.24, 2.45) is 0 Å². The number of rotatable bonds is 2. The van der Waals surface area contributed by atoms with Crippen LogP contribution < -0.4 is 0 Å². The second-order valence-electron chi connectivity index (χ2n) is 6.61. The van der Waals surface area contributed by atoms with Gasteiger partial charge in [-0.05, 0) is 12.5 Å². The first-order valence-corrected chi connectivity index (χ1v) is 9.27. The number of nitrogens with zero attached hydrogens (tertiary/aromatic N) is 1. The monoisotopic (exact) mass is 340 g/mol. The molecule has 138 valence electrons. The van der Waals surface area contributed by atoms with E-state index in [0.717, 1.165) is 6.42 Å². The average Bonchev–Trinajstić information content (AvgIpc) is 2.90. The second kappa shape index (κ2) is 10.2. The van der Waals surface area contributed by atoms with Crippen LogP contribution in [0.25, 0.3) is 0 Å². The lowest BCUT2D eigenvalue weighted by Crippen LogP contribution is -2.30. The predicted molar refractivity (Wildman–Crippen MR) is 114 cm³/mol. The molecule has 1 heteroatoms. The van der Waals surface area contributed by atoms with Crippen LogP contribution in [-0.2, 0) is 5.41 Å². The van der Waals surface area contributed by atoms with Gasteiger partial charge in [0.1, 0.15) is 0 Å². The maximum absolute atomic E-state index is 2.43. The molecular weight excluding hydrogens is 302 g/mol. The largest absolute Gasteiger partial charge is 0.205 e. The van der Waals surface area contributed by atoms with Crippen LogP contribution in [0.4, 0.5) is 5.69 Å². The zero-order valence-corrected chi connectivity index (χ0v) is 16.5. The number of hydrogen-bond donors (Lipinski definition) is 0. The molecule has 0 aliphatic carbocycles. The number of para-hydroxylation sites is 1. The van der Waals surface area contributed by atoms with Gasteiger partial charge in [0.15, 0.2) is 11.8 Å². The summed E-state index contributed by atoms with van der Waals surface area (Å²) in [5, 5.41) is 0. The van der Waals surface area contributed by atoms with Crippen LogP contribution in [0.15, 0.2) is 60.7 Å². The van der Waals surface area contributed by atoms with Crippen LogP contribution in [0, 0.1) is 0 Å². The average molecular weight is 341 g/mol. The van der Waals surface area contributed by atoms with Crippen LogP contribution in [-0.4, -0.2) is 16.3 Å². The quantitative estimate of drug-likeness (QED) is 0.507. The van der Waals surface area contributed by atoms with Crippen LogP contribution in [0.1, 0.15) is 67.9 Å². The maximum atomic E-state index is 2.43. The van der Waals surface area contributed by atoms with E-state index in [-0.39, 0.29) is 18.4 Å². The molecule has 0 amide bonds. The van der Waals surface area contributed by atoms with Gasteiger partial charge in [-0.3, -0.25) is 0 Å². The lowest BCUT2D eigenvalue weighted by molar-refractivity contribution is -0.511. The summed E-state index contributed by atoms with van der Waals surface area (Å²) in [4.78, 5) is 0. The third kappa shape index (κ3) is 5.29. The SMILES string of the molecule is C.CC.CC.CC1(c2ccccc2)C=[N+](c2ccccc2)C(C)(C)C1. The van der Waals surface area contributed by atoms with Crippen LogP contribution in [0.3, 0.4) is 0 Å². The Morgan fingerprint density at radius 2 is 1.16 bits per heavy atom. The summed E-state index contributed by atoms with van der Waals surface area (Å²) in [7, 11) is 0. The summed E-state index contributed by atoms with van der Waals surface area (Å²) in [6.07, 6.45) is 3.52. The highest BCUT2D eigenvalue weighted by atomic mass is 15.1. The fraction of sp³-hybridized carbons (Fsp3) is 0.458. The molecule has 1 unspecified atom stereocenters. The number of hydrogen-bond acceptors (Lipinski definition) is 0. The summed E-state index contributed by atoms with van der Waals surface area (Å²) >= 11 is 0. The standard InChI is InChI=1S/C19H22N.2C2H6.CH4/c1-18(2)14-19(3,16-10-6-4-7-11-16)15-20(18)17-12-8-5-9-13-17;2*1-2;/h4-13,15H,14H2,1-3H3;2*1-2H3;1H4/q+1;;;. The minimum atomic E-state index is 0. The molecule has 0 bridgehead atoms. The Bertz CT molecular complexity index is 626. The Labute approximate surface area is 156 Å². The van der Waals surface area contributed by atoms with Gasteiger partial charge in [-0.15, -0.1) is 0 Å². The first-order valence-electron chi connectivity index (χ1n) is 9.27. The molecular formula is C24H38N+. The molecule has 0 radical (unpaired) electrons. The van der Waals surface area contributed by atoms with Crippen LogP contribution in [0.5, 0.6) is 0 Å². The summed E-state index contributed by atoms with van der Waals surface area (Å²) < 4.78 is 2.43. The molecule has 0 N–H and O–H groups in total. The molecule has 2 aromatic carbocycles. The number of benzene rings is 2. The molecule has 0 fully saturated rings. The normalized spacial score (nSPS) is 20.0. The third-order valence-electron chi connectivity index (χ3n) is 4.33. The van der Waals surface area contributed by atoms with Crippen molar-refractivity contribution >= 4 is 11.9 Å². The van der Waals surface area contributed by atoms with E-state index in [1.165, 1.54) is 11.3 Å². The first kappa shape index (κ1) is 23.1. The molecule has 1 aliphatic rings. The second-order valence-corrected chi connectivity index (χ2v) is 6.61. The van der Waals surface area contributed by atoms with Gasteiger partial charge in [0.2, 0.25) is 5.69 Å². The molecule has 0 saturated heterocycles. The summed E-state index contributed by atoms with van der Waals surface area (Å²) in [6.45, 7) is 15.0. The van der Waals surface area contributed by atoms with Gasteiger partial charge < -0.3 is 0 Å². The summed E-state index contributed by atoms with van der Waals surface area (Å²) in [5.41, 5.74) is 2.90. The van der Waals surface area contributed by atoms with Crippen molar-refractivity contribution in [3.8, 4) is 0 Å². The van der Waals surface area contributed by atoms with E-state index in [1.807, 2.05) is 27.7 Å². The van der Waals surface area contributed by atoms with Gasteiger partial charge in [-0.25, -0.2) is 0 Å². The van der Waals surface area contributed by atoms with Gasteiger partial charge in [-0.1, -0.05) is 83.7 Å². The van der Waals surface area contributed by atoms with E-state index in [9.17, 15) is 0 Å². The maximum Gasteiger partial charge on any atom is 0.205 e. The van der Waals surface area contributed by atoms with E-state index in [0.29, 0.717) is 0 Å². The van der Waals surface area contributed by atoms with E-state index >= 15 is 0 Å². The van der Waals surface area contributed by atoms with Crippen LogP contribution in [0.2, 0.25) is 0 Å². The minimum absolute atomic E-state index is 0. The molecule has 3 rings (SSSR count). The van der Waals surface area contributed by atoms with Crippen molar-refractivity contribution in [3.63, 3.8) is 0 Å². The van der Waals surface area contributed by atoms with Crippen molar-refractivity contribution in [1.29, 1.82) is 0 Å². The Kier molecular flexibility index (Phi) is 9.41. The third-order valence-corrected chi connectivity index (χ3v) is 4.33. The zero-order chi connectivity index (χ0) is 18.2. The minimum Gasteiger partial charge on any atom is -0.197 e. The first-order chi connectivity index (χ1) is 11.5. The highest BCUT2D eigenvalue weighted by Crippen LogP contribution is 2.40. The molecule has 1 aliphatic heterocycles. The highest BCUT2D eigenvalue weighted by Gasteiger charge is 2.49. The highest BCUT2D eigenvalue weighted by molar-refractivity contribution is 5.72. The molecule has 2 aromatic rings. The van der Waals surface area contributed by atoms with Gasteiger partial charge in [0.25, 0.3) is 0 Å². The van der Waals surface area contributed by atoms with Gasteiger partial charge in [0.05, 0.1) is 5.41 Å². The van der Waals surface area contributed by atoms with Gasteiger partial charge >= 0.3 is 0 Å². The van der Waals surface area contributed by atoms with Crippen LogP contribution >= 0.6 is 0 Å². The van der Waals surface area contributed by atoms with Crippen molar-refractivity contribution in [1.82, 2.24) is 0 Å². The van der Waals surface area contributed by atoms with Gasteiger partial charge in [-0.2, -0.15) is 4.58 Å². The zero-order valence-electron chi connectivity index (χ0n) is 16.5. The smallest absolute Gasteiger partial charge is 0.197 e. The Hall–Kier alpha value is -1.89. The Morgan fingerprint density at radius 3 is 1.64 bits per heavy atom. The Balaban J connectivity index is 0.00000108. The lowest BCUT2D eigenvalue weighted by atomic mass is 9.77. The molecule has 0 aromatic heterocycles. The van der Waals surface area contributed by atoms with Crippen molar-refractivity contribution in [3.05, 3.63) is 66.2 Å². The fourth-order valence-corrected chi connectivity index (χ4v) is 3.50. The molecule has 25 heavy (non-hydrogen) atoms. The molecule has 1 nitrogen and oxygen atoms in total. The predicted octanol–water partition coefficient (Wildman–Crippen LogP) is 7.23. The topological polar surface area (TPSA) is 3.01 Å². The lowest BCUT2D eigenvalue weighted by Gasteiger charge is -2.22. The van der Waals surface area contributed by atoms with E-state index in [1.54, 1.807) is 0 Å². The van der Waals surface area contributed by atoms with Crippen molar-refractivity contribution in [2.45, 2.75) is 73.3 Å². The van der Waals surface area contributed by atoms with Gasteiger partial charge in [0, 0.05) is 32.4 Å². The molecule has 1 atom stereocenters. The molecule has 1 heterocycles. The van der Waals surface area contributed by atoms with E-state index in [4.69, 9.17) is 0 Å². The molecule has 0 spiro atoms. The van der Waals surface area contributed by atoms with E-state index in [2.05, 4.69) is 92.2 Å². The summed E-state index contributed by atoms with van der Waals surface area (Å²) in [6, 6.07) is 21.5. The van der Waals surface area contributed by atoms with Crippen molar-refractivity contribution in [2.75, 3.05) is 0 Å². The Morgan fingerprint density at radius 1 is 0.720 bits per heavy atom. The fourth-order valence-electron chi connectivity index (χ4n) is 3.50. The van der Waals surface area contributed by atoms with Crippen molar-refractivity contribution < 1.29 is 4.58 Å². The van der Waals surface area contributed by atoms with E-state index < -0.39 is 0 Å².